The molecule has 1 aromatic carbocycles. The molecule has 2 amide bonds. The number of aliphatic carboxylic acids is 1. The van der Waals surface area contributed by atoms with E-state index in [9.17, 15) is 19.7 Å². The maximum atomic E-state index is 11.5. The zero-order valence-electron chi connectivity index (χ0n) is 10.8. The van der Waals surface area contributed by atoms with Gasteiger partial charge in [-0.3, -0.25) is 10.1 Å². The third kappa shape index (κ3) is 4.56. The van der Waals surface area contributed by atoms with E-state index in [0.717, 1.165) is 0 Å². The van der Waals surface area contributed by atoms with Crippen molar-refractivity contribution in [3.05, 3.63) is 39.9 Å². The highest BCUT2D eigenvalue weighted by atomic mass is 16.6. The van der Waals surface area contributed by atoms with Gasteiger partial charge in [-0.25, -0.2) is 9.59 Å². The van der Waals surface area contributed by atoms with E-state index in [0.29, 0.717) is 5.56 Å². The average molecular weight is 281 g/mol. The summed E-state index contributed by atoms with van der Waals surface area (Å²) in [7, 11) is 0. The Morgan fingerprint density at radius 1 is 1.35 bits per heavy atom. The lowest BCUT2D eigenvalue weighted by Gasteiger charge is -2.13. The SMILES string of the molecule is CC[C@H](NC(=O)NCc1ccc([N+](=O)[O-])cc1)C(=O)O. The molecule has 8 nitrogen and oxygen atoms in total. The van der Waals surface area contributed by atoms with Crippen LogP contribution in [-0.4, -0.2) is 28.1 Å². The maximum absolute atomic E-state index is 11.5. The van der Waals surface area contributed by atoms with Gasteiger partial charge in [-0.2, -0.15) is 0 Å². The molecule has 0 unspecified atom stereocenters. The summed E-state index contributed by atoms with van der Waals surface area (Å²) in [6.45, 7) is 1.80. The molecule has 3 N–H and O–H groups in total. The van der Waals surface area contributed by atoms with E-state index >= 15 is 0 Å². The first-order chi connectivity index (χ1) is 9.43. The summed E-state index contributed by atoms with van der Waals surface area (Å²) in [6.07, 6.45) is 0.278. The van der Waals surface area contributed by atoms with Crippen molar-refractivity contribution >= 4 is 17.7 Å². The van der Waals surface area contributed by atoms with E-state index in [1.54, 1.807) is 6.92 Å². The van der Waals surface area contributed by atoms with Gasteiger partial charge in [0, 0.05) is 18.7 Å². The van der Waals surface area contributed by atoms with Crippen LogP contribution in [0.3, 0.4) is 0 Å². The van der Waals surface area contributed by atoms with Gasteiger partial charge in [0.1, 0.15) is 6.04 Å². The molecule has 0 aromatic heterocycles. The van der Waals surface area contributed by atoms with Gasteiger partial charge >= 0.3 is 12.0 Å². The molecule has 1 aromatic rings. The van der Waals surface area contributed by atoms with Crippen molar-refractivity contribution in [2.24, 2.45) is 0 Å². The lowest BCUT2D eigenvalue weighted by atomic mass is 10.2. The van der Waals surface area contributed by atoms with Crippen molar-refractivity contribution in [3.8, 4) is 0 Å². The van der Waals surface area contributed by atoms with Crippen molar-refractivity contribution in [1.82, 2.24) is 10.6 Å². The first-order valence-electron chi connectivity index (χ1n) is 5.94. The Balaban J connectivity index is 2.48. The molecule has 8 heteroatoms. The Labute approximate surface area is 114 Å². The molecule has 1 rings (SSSR count). The number of non-ortho nitro benzene ring substituents is 1. The number of nitrogens with one attached hydrogen (secondary N) is 2. The second-order valence-electron chi connectivity index (χ2n) is 4.05. The van der Waals surface area contributed by atoms with Crippen LogP contribution in [0.4, 0.5) is 10.5 Å². The van der Waals surface area contributed by atoms with Crippen molar-refractivity contribution in [3.63, 3.8) is 0 Å². The van der Waals surface area contributed by atoms with Crippen LogP contribution in [0.15, 0.2) is 24.3 Å². The number of nitrogens with zero attached hydrogens (tertiary/aromatic N) is 1. The third-order valence-electron chi connectivity index (χ3n) is 2.61. The van der Waals surface area contributed by atoms with E-state index in [1.165, 1.54) is 24.3 Å². The first-order valence-corrected chi connectivity index (χ1v) is 5.94. The number of amides is 2. The molecular weight excluding hydrogens is 266 g/mol. The fourth-order valence-electron chi connectivity index (χ4n) is 1.47. The van der Waals surface area contributed by atoms with Gasteiger partial charge in [-0.05, 0) is 12.0 Å². The summed E-state index contributed by atoms with van der Waals surface area (Å²) in [5.74, 6) is -1.10. The number of urea groups is 1. The molecule has 0 saturated carbocycles. The van der Waals surface area contributed by atoms with Gasteiger partial charge in [0.2, 0.25) is 0 Å². The van der Waals surface area contributed by atoms with Crippen LogP contribution in [0.25, 0.3) is 0 Å². The van der Waals surface area contributed by atoms with Crippen LogP contribution in [0.1, 0.15) is 18.9 Å². The van der Waals surface area contributed by atoms with Crippen LogP contribution in [0, 0.1) is 10.1 Å². The summed E-state index contributed by atoms with van der Waals surface area (Å²) >= 11 is 0. The summed E-state index contributed by atoms with van der Waals surface area (Å²) in [5, 5.41) is 24.0. The van der Waals surface area contributed by atoms with Crippen LogP contribution >= 0.6 is 0 Å². The molecule has 0 spiro atoms. The van der Waals surface area contributed by atoms with Gasteiger partial charge in [0.25, 0.3) is 5.69 Å². The van der Waals surface area contributed by atoms with Crippen molar-refractivity contribution in [2.45, 2.75) is 25.9 Å². The molecule has 0 bridgehead atoms. The molecule has 20 heavy (non-hydrogen) atoms. The minimum absolute atomic E-state index is 0.0323. The topological polar surface area (TPSA) is 122 Å². The van der Waals surface area contributed by atoms with Crippen LogP contribution in [0.5, 0.6) is 0 Å². The Morgan fingerprint density at radius 3 is 2.40 bits per heavy atom. The highest BCUT2D eigenvalue weighted by Gasteiger charge is 2.17. The number of carboxylic acid groups (broad SMARTS) is 1. The number of carbonyl (C=O) groups excluding carboxylic acids is 1. The largest absolute Gasteiger partial charge is 0.480 e. The molecule has 0 fully saturated rings. The number of nitro benzene ring substituents is 1. The Hall–Kier alpha value is -2.64. The normalized spacial score (nSPS) is 11.4. The highest BCUT2D eigenvalue weighted by Crippen LogP contribution is 2.11. The number of carbonyl (C=O) groups is 2. The number of hydrogen-bond acceptors (Lipinski definition) is 4. The van der Waals surface area contributed by atoms with Gasteiger partial charge < -0.3 is 15.7 Å². The predicted molar refractivity (Wildman–Crippen MR) is 70.2 cm³/mol. The fourth-order valence-corrected chi connectivity index (χ4v) is 1.47. The smallest absolute Gasteiger partial charge is 0.326 e. The lowest BCUT2D eigenvalue weighted by Crippen LogP contribution is -2.45. The van der Waals surface area contributed by atoms with Crippen LogP contribution in [-0.2, 0) is 11.3 Å². The Morgan fingerprint density at radius 2 is 1.95 bits per heavy atom. The van der Waals surface area contributed by atoms with E-state index in [4.69, 9.17) is 5.11 Å². The standard InChI is InChI=1S/C12H15N3O5/c1-2-10(11(16)17)14-12(18)13-7-8-3-5-9(6-4-8)15(19)20/h3-6,10H,2,7H2,1H3,(H,16,17)(H2,13,14,18)/t10-/m0/s1. The van der Waals surface area contributed by atoms with Gasteiger partial charge in [0.05, 0.1) is 4.92 Å². The molecular formula is C12H15N3O5. The molecule has 0 saturated heterocycles. The summed E-state index contributed by atoms with van der Waals surface area (Å²) in [5.41, 5.74) is 0.643. The van der Waals surface area contributed by atoms with Crippen molar-refractivity contribution in [1.29, 1.82) is 0 Å². The second kappa shape index (κ2) is 7.07. The van der Waals surface area contributed by atoms with Gasteiger partial charge in [0.15, 0.2) is 0 Å². The monoisotopic (exact) mass is 281 g/mol. The molecule has 0 heterocycles. The summed E-state index contributed by atoms with van der Waals surface area (Å²) in [4.78, 5) is 32.2. The number of hydrogen-bond donors (Lipinski definition) is 3. The molecule has 0 radical (unpaired) electrons. The molecule has 1 atom stereocenters. The second-order valence-corrected chi connectivity index (χ2v) is 4.05. The zero-order chi connectivity index (χ0) is 15.1. The van der Waals surface area contributed by atoms with Gasteiger partial charge in [-0.1, -0.05) is 19.1 Å². The highest BCUT2D eigenvalue weighted by molar-refractivity contribution is 5.82. The summed E-state index contributed by atoms with van der Waals surface area (Å²) < 4.78 is 0. The number of rotatable bonds is 6. The van der Waals surface area contributed by atoms with Crippen molar-refractivity contribution < 1.29 is 19.6 Å². The maximum Gasteiger partial charge on any atom is 0.326 e. The predicted octanol–water partition coefficient (Wildman–Crippen LogP) is 1.26. The van der Waals surface area contributed by atoms with Crippen LogP contribution in [0.2, 0.25) is 0 Å². The molecule has 0 aliphatic carbocycles. The Bertz CT molecular complexity index is 500. The van der Waals surface area contributed by atoms with Crippen molar-refractivity contribution in [2.75, 3.05) is 0 Å². The molecule has 0 aliphatic rings. The number of nitro groups is 1. The minimum atomic E-state index is -1.10. The average Bonchev–Trinajstić information content (AvgIpc) is 2.42. The van der Waals surface area contributed by atoms with E-state index in [-0.39, 0.29) is 18.7 Å². The zero-order valence-corrected chi connectivity index (χ0v) is 10.8. The quantitative estimate of drug-likeness (QED) is 0.535. The lowest BCUT2D eigenvalue weighted by molar-refractivity contribution is -0.384. The van der Waals surface area contributed by atoms with E-state index in [2.05, 4.69) is 10.6 Å². The molecule has 108 valence electrons. The van der Waals surface area contributed by atoms with E-state index < -0.39 is 23.0 Å². The minimum Gasteiger partial charge on any atom is -0.480 e. The van der Waals surface area contributed by atoms with Crippen LogP contribution < -0.4 is 10.6 Å². The molecule has 0 aliphatic heterocycles. The Kier molecular flexibility index (Phi) is 5.45. The van der Waals surface area contributed by atoms with E-state index in [1.807, 2.05) is 0 Å². The van der Waals surface area contributed by atoms with Gasteiger partial charge in [-0.15, -0.1) is 0 Å². The number of benzene rings is 1. The third-order valence-corrected chi connectivity index (χ3v) is 2.61. The first kappa shape index (κ1) is 15.4. The fraction of sp³-hybridized carbons (Fsp3) is 0.333. The number of carboxylic acids is 1. The summed E-state index contributed by atoms with van der Waals surface area (Å²) in [6, 6.07) is 4.17.